The summed E-state index contributed by atoms with van der Waals surface area (Å²) in [5, 5.41) is 10.5. The lowest BCUT2D eigenvalue weighted by atomic mass is 10.1. The van der Waals surface area contributed by atoms with Crippen LogP contribution in [0.25, 0.3) is 44.3 Å². The number of nitrogens with one attached hydrogen (secondary N) is 3. The molecule has 6 aromatic rings. The molecule has 0 unspecified atom stereocenters. The minimum atomic E-state index is -2.99. The van der Waals surface area contributed by atoms with Gasteiger partial charge in [0, 0.05) is 76.1 Å². The smallest absolute Gasteiger partial charge is 0.260 e. The number of nitrogens with zero attached hydrogens (tertiary/aromatic N) is 8. The predicted octanol–water partition coefficient (Wildman–Crippen LogP) is 4.53. The standard InChI is InChI=1S/C42H45F2N11O6/c1-53-28(14-23-16-33(47-19-30(23)53)51-37(56)26-13-25(26)21-55-9-7-45-8-10-55)35-32(5-6-46-39(35)58-3)60-11-12-61-41-36(40(59-4)49-22-50-41)29-15-24-17-34(48-20-31(24)54(29)2)52-38(57)27-18-42(27,43)44/h5-6,14-17,19-20,22,25-27,45H,7-13,18,21H2,1-4H3,(H,47,51,56)(H,48,52,57)/t25-,26+,27-/m1/s1. The number of hydrogen-bond donors (Lipinski definition) is 3. The summed E-state index contributed by atoms with van der Waals surface area (Å²) in [5.74, 6) is -2.75. The molecule has 0 radical (unpaired) electrons. The van der Waals surface area contributed by atoms with E-state index in [2.05, 4.69) is 45.8 Å². The summed E-state index contributed by atoms with van der Waals surface area (Å²) in [7, 11) is 6.77. The van der Waals surface area contributed by atoms with Gasteiger partial charge in [0.2, 0.25) is 29.5 Å². The van der Waals surface area contributed by atoms with Crippen LogP contribution in [0.1, 0.15) is 12.8 Å². The first-order valence-electron chi connectivity index (χ1n) is 20.0. The zero-order valence-electron chi connectivity index (χ0n) is 34.1. The van der Waals surface area contributed by atoms with Crippen molar-refractivity contribution in [2.45, 2.75) is 18.8 Å². The summed E-state index contributed by atoms with van der Waals surface area (Å²) in [5.41, 5.74) is 4.01. The Bertz CT molecular complexity index is 2650. The van der Waals surface area contributed by atoms with Crippen LogP contribution in [-0.2, 0) is 23.7 Å². The molecule has 19 heteroatoms. The number of halogens is 2. The molecule has 3 atom stereocenters. The van der Waals surface area contributed by atoms with Gasteiger partial charge in [-0.25, -0.2) is 33.7 Å². The second kappa shape index (κ2) is 16.2. The van der Waals surface area contributed by atoms with Gasteiger partial charge in [0.15, 0.2) is 0 Å². The van der Waals surface area contributed by atoms with E-state index in [-0.39, 0.29) is 42.6 Å². The zero-order chi connectivity index (χ0) is 42.4. The first-order valence-corrected chi connectivity index (χ1v) is 20.0. The number of aromatic nitrogens is 7. The molecule has 3 N–H and O–H groups in total. The second-order valence-corrected chi connectivity index (χ2v) is 15.5. The van der Waals surface area contributed by atoms with Crippen LogP contribution < -0.4 is 34.9 Å². The Morgan fingerprint density at radius 1 is 0.803 bits per heavy atom. The number of ether oxygens (including phenoxy) is 4. The largest absolute Gasteiger partial charge is 0.489 e. The van der Waals surface area contributed by atoms with Gasteiger partial charge in [-0.3, -0.25) is 9.59 Å². The number of piperazine rings is 1. The van der Waals surface area contributed by atoms with Crippen molar-refractivity contribution in [3.05, 3.63) is 55.2 Å². The van der Waals surface area contributed by atoms with Crippen LogP contribution in [0, 0.1) is 17.8 Å². The lowest BCUT2D eigenvalue weighted by Crippen LogP contribution is -2.44. The molecule has 9 rings (SSSR count). The average molecular weight is 838 g/mol. The Morgan fingerprint density at radius 2 is 1.39 bits per heavy atom. The van der Waals surface area contributed by atoms with Crippen LogP contribution in [0.4, 0.5) is 20.4 Å². The highest BCUT2D eigenvalue weighted by Crippen LogP contribution is 2.49. The molecule has 1 saturated heterocycles. The molecule has 2 aliphatic carbocycles. The van der Waals surface area contributed by atoms with E-state index < -0.39 is 24.2 Å². The molecule has 3 aliphatic rings. The monoisotopic (exact) mass is 837 g/mol. The van der Waals surface area contributed by atoms with Crippen LogP contribution >= 0.6 is 0 Å². The lowest BCUT2D eigenvalue weighted by Gasteiger charge is -2.27. The highest BCUT2D eigenvalue weighted by molar-refractivity contribution is 5.98. The normalized spacial score (nSPS) is 19.4. The molecule has 1 aliphatic heterocycles. The second-order valence-electron chi connectivity index (χ2n) is 15.5. The maximum absolute atomic E-state index is 13.5. The van der Waals surface area contributed by atoms with Crippen molar-refractivity contribution in [3.63, 3.8) is 0 Å². The number of methoxy groups -OCH3 is 2. The van der Waals surface area contributed by atoms with Gasteiger partial charge in [0.05, 0.1) is 49.0 Å². The topological polar surface area (TPSA) is 185 Å². The van der Waals surface area contributed by atoms with Gasteiger partial charge < -0.3 is 48.9 Å². The Labute approximate surface area is 348 Å². The fourth-order valence-corrected chi connectivity index (χ4v) is 8.07. The SMILES string of the molecule is COc1nccc(OCCOc2ncnc(OC)c2-c2cc3cc(NC(=O)[C@H]4CC4(F)F)ncc3n2C)c1-c1cc2cc(NC(=O)[C@H]3C[C@@H]3CN3CCNCC3)ncc2n1C. The quantitative estimate of drug-likeness (QED) is 0.123. The average Bonchev–Trinajstić information content (AvgIpc) is 4.11. The van der Waals surface area contributed by atoms with Crippen molar-refractivity contribution in [2.75, 3.05) is 70.8 Å². The summed E-state index contributed by atoms with van der Waals surface area (Å²) in [6, 6.07) is 9.05. The molecule has 0 bridgehead atoms. The van der Waals surface area contributed by atoms with Crippen LogP contribution in [0.3, 0.4) is 0 Å². The molecule has 0 aromatic carbocycles. The van der Waals surface area contributed by atoms with E-state index in [4.69, 9.17) is 18.9 Å². The molecule has 6 aromatic heterocycles. The molecule has 2 saturated carbocycles. The van der Waals surface area contributed by atoms with E-state index >= 15 is 0 Å². The molecule has 7 heterocycles. The number of aryl methyl sites for hydroxylation is 2. The Kier molecular flexibility index (Phi) is 10.6. The zero-order valence-corrected chi connectivity index (χ0v) is 34.1. The van der Waals surface area contributed by atoms with E-state index in [0.717, 1.165) is 55.7 Å². The highest BCUT2D eigenvalue weighted by Gasteiger charge is 2.61. The number of alkyl halides is 2. The van der Waals surface area contributed by atoms with Crippen molar-refractivity contribution in [1.29, 1.82) is 0 Å². The number of pyridine rings is 3. The number of anilines is 2. The fourth-order valence-electron chi connectivity index (χ4n) is 8.07. The molecule has 61 heavy (non-hydrogen) atoms. The number of amides is 2. The number of carbonyl (C=O) groups is 2. The van der Waals surface area contributed by atoms with Gasteiger partial charge >= 0.3 is 0 Å². The maximum Gasteiger partial charge on any atom is 0.260 e. The maximum atomic E-state index is 13.5. The summed E-state index contributed by atoms with van der Waals surface area (Å²) in [4.78, 5) is 50.0. The Morgan fingerprint density at radius 3 is 2.03 bits per heavy atom. The molecule has 318 valence electrons. The third-order valence-electron chi connectivity index (χ3n) is 11.6. The molecular weight excluding hydrogens is 793 g/mol. The van der Waals surface area contributed by atoms with Crippen molar-refractivity contribution in [1.82, 2.24) is 44.3 Å². The van der Waals surface area contributed by atoms with Crippen LogP contribution in [0.15, 0.2) is 55.2 Å². The first kappa shape index (κ1) is 40.0. The molecular formula is C42H45F2N11O6. The van der Waals surface area contributed by atoms with Crippen LogP contribution in [-0.4, -0.2) is 117 Å². The van der Waals surface area contributed by atoms with E-state index in [1.54, 1.807) is 37.8 Å². The van der Waals surface area contributed by atoms with E-state index in [1.165, 1.54) is 13.4 Å². The number of carbonyl (C=O) groups excluding carboxylic acids is 2. The Balaban J connectivity index is 0.894. The van der Waals surface area contributed by atoms with Gasteiger partial charge in [-0.05, 0) is 42.7 Å². The predicted molar refractivity (Wildman–Crippen MR) is 221 cm³/mol. The fraction of sp³-hybridized carbons (Fsp3) is 0.405. The van der Waals surface area contributed by atoms with Crippen molar-refractivity contribution < 1.29 is 37.3 Å². The summed E-state index contributed by atoms with van der Waals surface area (Å²) < 4.78 is 54.7. The van der Waals surface area contributed by atoms with E-state index in [9.17, 15) is 18.4 Å². The molecule has 2 amide bonds. The van der Waals surface area contributed by atoms with Gasteiger partial charge in [-0.2, -0.15) is 0 Å². The van der Waals surface area contributed by atoms with Gasteiger partial charge in [0.1, 0.15) is 54.0 Å². The minimum absolute atomic E-state index is 0.000238. The van der Waals surface area contributed by atoms with Gasteiger partial charge in [-0.15, -0.1) is 0 Å². The molecule has 17 nitrogen and oxygen atoms in total. The highest BCUT2D eigenvalue weighted by atomic mass is 19.3. The van der Waals surface area contributed by atoms with E-state index in [0.29, 0.717) is 51.1 Å². The van der Waals surface area contributed by atoms with Crippen LogP contribution in [0.5, 0.6) is 23.4 Å². The number of rotatable bonds is 15. The van der Waals surface area contributed by atoms with Crippen molar-refractivity contribution in [3.8, 4) is 45.9 Å². The lowest BCUT2D eigenvalue weighted by molar-refractivity contribution is -0.119. The van der Waals surface area contributed by atoms with Crippen molar-refractivity contribution in [2.24, 2.45) is 31.8 Å². The number of hydrogen-bond acceptors (Lipinski definition) is 13. The van der Waals surface area contributed by atoms with Crippen molar-refractivity contribution >= 4 is 45.3 Å². The van der Waals surface area contributed by atoms with Crippen LogP contribution in [0.2, 0.25) is 0 Å². The Hall–Kier alpha value is -6.47. The third kappa shape index (κ3) is 7.97. The number of fused-ring (bicyclic) bond motifs is 2. The summed E-state index contributed by atoms with van der Waals surface area (Å²) in [6.07, 6.45) is 6.64. The summed E-state index contributed by atoms with van der Waals surface area (Å²) in [6.45, 7) is 5.12. The van der Waals surface area contributed by atoms with Gasteiger partial charge in [-0.1, -0.05) is 0 Å². The summed E-state index contributed by atoms with van der Waals surface area (Å²) >= 11 is 0. The first-order chi connectivity index (χ1) is 29.5. The van der Waals surface area contributed by atoms with Gasteiger partial charge in [0.25, 0.3) is 5.92 Å². The molecule has 3 fully saturated rings. The third-order valence-corrected chi connectivity index (χ3v) is 11.6. The van der Waals surface area contributed by atoms with E-state index in [1.807, 2.05) is 41.4 Å². The molecule has 0 spiro atoms. The minimum Gasteiger partial charge on any atom is -0.489 e.